The Hall–Kier alpha value is -1.70. The molecule has 0 aliphatic heterocycles. The summed E-state index contributed by atoms with van der Waals surface area (Å²) in [6.45, 7) is 15.3. The van der Waals surface area contributed by atoms with Gasteiger partial charge in [0.25, 0.3) is 0 Å². The van der Waals surface area contributed by atoms with E-state index in [1.54, 1.807) is 25.1 Å². The molecule has 1 heterocycles. The first-order valence-electron chi connectivity index (χ1n) is 9.85. The van der Waals surface area contributed by atoms with Crippen molar-refractivity contribution in [3.05, 3.63) is 35.5 Å². The van der Waals surface area contributed by atoms with Gasteiger partial charge in [-0.3, -0.25) is 0 Å². The van der Waals surface area contributed by atoms with Crippen LogP contribution in [0.5, 0.6) is 0 Å². The van der Waals surface area contributed by atoms with Gasteiger partial charge in [-0.25, -0.2) is 13.1 Å². The molecule has 156 valence electrons. The van der Waals surface area contributed by atoms with Gasteiger partial charge in [0, 0.05) is 37.8 Å². The van der Waals surface area contributed by atoms with Crippen LogP contribution in [0.4, 0.5) is 0 Å². The molecule has 2 rings (SSSR count). The minimum atomic E-state index is -3.61. The molecule has 0 amide bonds. The minimum Gasteiger partial charge on any atom is -0.356 e. The lowest BCUT2D eigenvalue weighted by molar-refractivity contribution is 0.223. The Morgan fingerprint density at radius 2 is 1.71 bits per heavy atom. The summed E-state index contributed by atoms with van der Waals surface area (Å²) in [6, 6.07) is 7.09. The molecular weight excluding hydrogens is 374 g/mol. The van der Waals surface area contributed by atoms with Gasteiger partial charge < -0.3 is 9.42 Å². The molecule has 0 saturated carbocycles. The van der Waals surface area contributed by atoms with Gasteiger partial charge >= 0.3 is 0 Å². The molecule has 0 aliphatic carbocycles. The molecule has 0 radical (unpaired) electrons. The van der Waals surface area contributed by atoms with E-state index < -0.39 is 10.0 Å². The first-order valence-corrected chi connectivity index (χ1v) is 11.3. The molecule has 7 heteroatoms. The van der Waals surface area contributed by atoms with Crippen LogP contribution in [0.1, 0.15) is 39.0 Å². The first-order chi connectivity index (χ1) is 13.1. The van der Waals surface area contributed by atoms with Crippen LogP contribution in [0, 0.1) is 25.7 Å². The highest BCUT2D eigenvalue weighted by atomic mass is 32.2. The Labute approximate surface area is 169 Å². The molecular formula is C21H33N3O3S. The topological polar surface area (TPSA) is 75.4 Å². The summed E-state index contributed by atoms with van der Waals surface area (Å²) in [5, 5.41) is 3.88. The quantitative estimate of drug-likeness (QED) is 0.647. The van der Waals surface area contributed by atoms with Gasteiger partial charge in [-0.05, 0) is 37.3 Å². The van der Waals surface area contributed by atoms with Crippen LogP contribution in [0.15, 0.2) is 33.7 Å². The monoisotopic (exact) mass is 407 g/mol. The van der Waals surface area contributed by atoms with Crippen molar-refractivity contribution in [2.45, 2.75) is 46.4 Å². The van der Waals surface area contributed by atoms with Gasteiger partial charge in [0.1, 0.15) is 0 Å². The summed E-state index contributed by atoms with van der Waals surface area (Å²) >= 11 is 0. The number of nitrogens with one attached hydrogen (secondary N) is 1. The summed E-state index contributed by atoms with van der Waals surface area (Å²) in [5.41, 5.74) is 2.16. The van der Waals surface area contributed by atoms with Gasteiger partial charge in [0.05, 0.1) is 10.6 Å². The molecule has 0 spiro atoms. The Morgan fingerprint density at radius 1 is 1.07 bits per heavy atom. The lowest BCUT2D eigenvalue weighted by atomic mass is 10.1. The van der Waals surface area contributed by atoms with Crippen LogP contribution in [0.25, 0.3) is 11.3 Å². The number of hydrogen-bond acceptors (Lipinski definition) is 5. The van der Waals surface area contributed by atoms with E-state index in [1.807, 2.05) is 13.0 Å². The highest BCUT2D eigenvalue weighted by Gasteiger charge is 2.19. The van der Waals surface area contributed by atoms with E-state index in [9.17, 15) is 8.42 Å². The molecule has 2 aromatic rings. The summed E-state index contributed by atoms with van der Waals surface area (Å²) in [4.78, 5) is 2.59. The molecule has 28 heavy (non-hydrogen) atoms. The zero-order valence-corrected chi connectivity index (χ0v) is 18.6. The fourth-order valence-electron chi connectivity index (χ4n) is 3.25. The van der Waals surface area contributed by atoms with Crippen molar-refractivity contribution < 1.29 is 12.9 Å². The maximum Gasteiger partial charge on any atom is 0.240 e. The van der Waals surface area contributed by atoms with Crippen LogP contribution >= 0.6 is 0 Å². The fourth-order valence-corrected chi connectivity index (χ4v) is 4.54. The number of aryl methyl sites for hydroxylation is 2. The average Bonchev–Trinajstić information content (AvgIpc) is 3.00. The number of nitrogens with zero attached hydrogens (tertiary/aromatic N) is 2. The Bertz CT molecular complexity index is 863. The molecule has 1 aromatic heterocycles. The predicted octanol–water partition coefficient (Wildman–Crippen LogP) is 3.85. The third-order valence-corrected chi connectivity index (χ3v) is 5.96. The second kappa shape index (κ2) is 9.67. The lowest BCUT2D eigenvalue weighted by Crippen LogP contribution is -2.38. The summed E-state index contributed by atoms with van der Waals surface area (Å²) < 4.78 is 33.8. The third-order valence-electron chi connectivity index (χ3n) is 4.36. The van der Waals surface area contributed by atoms with Crippen molar-refractivity contribution >= 4 is 10.0 Å². The molecule has 0 aliphatic rings. The van der Waals surface area contributed by atoms with Crippen LogP contribution in [0.3, 0.4) is 0 Å². The van der Waals surface area contributed by atoms with Gasteiger partial charge in [-0.2, -0.15) is 0 Å². The molecule has 0 atom stereocenters. The molecule has 6 nitrogen and oxygen atoms in total. The smallest absolute Gasteiger partial charge is 0.240 e. The Kier molecular flexibility index (Phi) is 7.80. The third kappa shape index (κ3) is 6.43. The molecule has 0 bridgehead atoms. The minimum absolute atomic E-state index is 0.276. The number of rotatable bonds is 10. The number of benzene rings is 1. The molecule has 0 fully saturated rings. The maximum absolute atomic E-state index is 12.9. The second-order valence-electron chi connectivity index (χ2n) is 8.26. The maximum atomic E-state index is 12.9. The van der Waals surface area contributed by atoms with Crippen molar-refractivity contribution in [1.82, 2.24) is 14.8 Å². The molecule has 0 unspecified atom stereocenters. The van der Waals surface area contributed by atoms with Crippen LogP contribution in [-0.4, -0.2) is 44.7 Å². The van der Waals surface area contributed by atoms with Crippen LogP contribution in [0.2, 0.25) is 0 Å². The van der Waals surface area contributed by atoms with E-state index in [0.29, 0.717) is 41.8 Å². The van der Waals surface area contributed by atoms with Crippen molar-refractivity contribution in [2.24, 2.45) is 11.8 Å². The van der Waals surface area contributed by atoms with E-state index in [-0.39, 0.29) is 4.90 Å². The molecule has 1 aromatic carbocycles. The largest absolute Gasteiger partial charge is 0.356 e. The molecule has 0 saturated heterocycles. The summed E-state index contributed by atoms with van der Waals surface area (Å²) in [5.74, 6) is 1.65. The van der Waals surface area contributed by atoms with Crippen LogP contribution < -0.4 is 4.72 Å². The number of aromatic nitrogens is 1. The van der Waals surface area contributed by atoms with Gasteiger partial charge in [0.2, 0.25) is 10.0 Å². The lowest BCUT2D eigenvalue weighted by Gasteiger charge is -2.26. The van der Waals surface area contributed by atoms with Gasteiger partial charge in [0.15, 0.2) is 5.76 Å². The fraction of sp³-hybridized carbons (Fsp3) is 0.571. The summed E-state index contributed by atoms with van der Waals surface area (Å²) in [6.07, 6.45) is 0. The van der Waals surface area contributed by atoms with Gasteiger partial charge in [-0.1, -0.05) is 45.0 Å². The zero-order valence-electron chi connectivity index (χ0n) is 17.8. The van der Waals surface area contributed by atoms with Crippen molar-refractivity contribution in [3.63, 3.8) is 0 Å². The standard InChI is InChI=1S/C21H33N3O3S/c1-15(2)13-24(14-16(3)4)10-9-22-28(25,26)21-12-19(8-7-17(21)5)20-11-18(6)23-27-20/h7-8,11-12,15-16,22H,9-10,13-14H2,1-6H3. The summed E-state index contributed by atoms with van der Waals surface area (Å²) in [7, 11) is -3.61. The predicted molar refractivity (Wildman–Crippen MR) is 113 cm³/mol. The Balaban J connectivity index is 2.11. The van der Waals surface area contributed by atoms with E-state index in [0.717, 1.165) is 18.8 Å². The zero-order chi connectivity index (χ0) is 20.9. The second-order valence-corrected chi connectivity index (χ2v) is 9.99. The Morgan fingerprint density at radius 3 is 2.25 bits per heavy atom. The van der Waals surface area contributed by atoms with E-state index >= 15 is 0 Å². The molecule has 1 N–H and O–H groups in total. The van der Waals surface area contributed by atoms with Crippen molar-refractivity contribution in [2.75, 3.05) is 26.2 Å². The van der Waals surface area contributed by atoms with Crippen LogP contribution in [-0.2, 0) is 10.0 Å². The number of sulfonamides is 1. The SMILES string of the molecule is Cc1cc(-c2ccc(C)c(S(=O)(=O)NCCN(CC(C)C)CC(C)C)c2)on1. The van der Waals surface area contributed by atoms with E-state index in [4.69, 9.17) is 4.52 Å². The normalized spacial score (nSPS) is 12.5. The van der Waals surface area contributed by atoms with E-state index in [2.05, 4.69) is 42.5 Å². The van der Waals surface area contributed by atoms with Crippen molar-refractivity contribution in [3.8, 4) is 11.3 Å². The highest BCUT2D eigenvalue weighted by molar-refractivity contribution is 7.89. The first kappa shape index (κ1) is 22.6. The number of hydrogen-bond donors (Lipinski definition) is 1. The highest BCUT2D eigenvalue weighted by Crippen LogP contribution is 2.25. The van der Waals surface area contributed by atoms with E-state index in [1.165, 1.54) is 0 Å². The average molecular weight is 408 g/mol. The van der Waals surface area contributed by atoms with Crippen molar-refractivity contribution in [1.29, 1.82) is 0 Å². The van der Waals surface area contributed by atoms with Gasteiger partial charge in [-0.15, -0.1) is 0 Å².